The molecule has 0 saturated heterocycles. The van der Waals surface area contributed by atoms with Crippen LogP contribution in [0.3, 0.4) is 0 Å². The van der Waals surface area contributed by atoms with Crippen LogP contribution in [0.15, 0.2) is 171 Å². The molecular formula is C43H28N4. The molecule has 0 spiro atoms. The molecule has 9 rings (SSSR count). The third kappa shape index (κ3) is 4.75. The second kappa shape index (κ2) is 11.2. The molecule has 0 amide bonds. The van der Waals surface area contributed by atoms with E-state index in [2.05, 4.69) is 147 Å². The second-order valence-corrected chi connectivity index (χ2v) is 11.8. The molecule has 0 aliphatic heterocycles. The smallest absolute Gasteiger partial charge is 0.0619 e. The molecule has 47 heavy (non-hydrogen) atoms. The van der Waals surface area contributed by atoms with Crippen molar-refractivity contribution < 1.29 is 0 Å². The van der Waals surface area contributed by atoms with Crippen LogP contribution in [-0.2, 0) is 0 Å². The quantitative estimate of drug-likeness (QED) is 0.197. The van der Waals surface area contributed by atoms with Crippen molar-refractivity contribution in [2.24, 2.45) is 0 Å². The summed E-state index contributed by atoms with van der Waals surface area (Å²) in [5, 5.41) is 4.87. The average Bonchev–Trinajstić information content (AvgIpc) is 3.50. The molecule has 0 saturated carbocycles. The summed E-state index contributed by atoms with van der Waals surface area (Å²) in [5.74, 6) is 0. The average molecular weight is 601 g/mol. The molecule has 4 nitrogen and oxygen atoms in total. The summed E-state index contributed by atoms with van der Waals surface area (Å²) in [4.78, 5) is 13.1. The lowest BCUT2D eigenvalue weighted by molar-refractivity contribution is 1.19. The van der Waals surface area contributed by atoms with Gasteiger partial charge in [0.15, 0.2) is 0 Å². The van der Waals surface area contributed by atoms with Crippen molar-refractivity contribution in [3.05, 3.63) is 171 Å². The Balaban J connectivity index is 1.23. The van der Waals surface area contributed by atoms with Crippen LogP contribution in [0.1, 0.15) is 0 Å². The van der Waals surface area contributed by atoms with E-state index in [4.69, 9.17) is 0 Å². The Bertz CT molecular complexity index is 2550. The van der Waals surface area contributed by atoms with Gasteiger partial charge in [-0.05, 0) is 87.8 Å². The molecule has 0 aliphatic carbocycles. The molecule has 4 aromatic heterocycles. The van der Waals surface area contributed by atoms with E-state index in [-0.39, 0.29) is 0 Å². The van der Waals surface area contributed by atoms with E-state index in [9.17, 15) is 0 Å². The summed E-state index contributed by atoms with van der Waals surface area (Å²) < 4.78 is 2.42. The maximum absolute atomic E-state index is 4.57. The molecule has 4 heterocycles. The molecule has 0 N–H and O–H groups in total. The summed E-state index contributed by atoms with van der Waals surface area (Å²) in [7, 11) is 0. The zero-order chi connectivity index (χ0) is 31.2. The van der Waals surface area contributed by atoms with Gasteiger partial charge in [-0.25, -0.2) is 0 Å². The number of hydrogen-bond donors (Lipinski definition) is 0. The third-order valence-electron chi connectivity index (χ3n) is 9.03. The Kier molecular flexibility index (Phi) is 6.43. The van der Waals surface area contributed by atoms with Crippen molar-refractivity contribution in [1.82, 2.24) is 19.5 Å². The van der Waals surface area contributed by atoms with E-state index in [1.807, 2.05) is 37.1 Å². The molecule has 0 unspecified atom stereocenters. The molecular weight excluding hydrogens is 573 g/mol. The number of para-hydroxylation sites is 1. The largest absolute Gasteiger partial charge is 0.309 e. The van der Waals surface area contributed by atoms with Gasteiger partial charge in [-0.3, -0.25) is 15.0 Å². The Labute approximate surface area is 272 Å². The SMILES string of the molecule is c1ccc(-n2c3cc(-c4cccc(-c5ccncc5)c4)ccc3c3ccc4cc(-c5cncc(-c6cccnc6)c5)ccc4c32)cc1. The van der Waals surface area contributed by atoms with Crippen LogP contribution < -0.4 is 0 Å². The Morgan fingerprint density at radius 2 is 1.02 bits per heavy atom. The fourth-order valence-electron chi connectivity index (χ4n) is 6.75. The fraction of sp³-hybridized carbons (Fsp3) is 0. The van der Waals surface area contributed by atoms with Crippen LogP contribution in [-0.4, -0.2) is 19.5 Å². The molecule has 4 heteroatoms. The predicted molar refractivity (Wildman–Crippen MR) is 193 cm³/mol. The van der Waals surface area contributed by atoms with Crippen molar-refractivity contribution in [2.45, 2.75) is 0 Å². The van der Waals surface area contributed by atoms with Gasteiger partial charge in [0.05, 0.1) is 11.0 Å². The van der Waals surface area contributed by atoms with Gasteiger partial charge in [-0.2, -0.15) is 0 Å². The van der Waals surface area contributed by atoms with Crippen LogP contribution in [0.2, 0.25) is 0 Å². The number of hydrogen-bond acceptors (Lipinski definition) is 3. The number of pyridine rings is 3. The first kappa shape index (κ1) is 27.0. The lowest BCUT2D eigenvalue weighted by Gasteiger charge is -2.12. The minimum absolute atomic E-state index is 1.05. The van der Waals surface area contributed by atoms with Crippen LogP contribution in [0.4, 0.5) is 0 Å². The Morgan fingerprint density at radius 3 is 1.83 bits per heavy atom. The highest BCUT2D eigenvalue weighted by atomic mass is 15.0. The first-order valence-electron chi connectivity index (χ1n) is 15.7. The molecule has 9 aromatic rings. The number of aromatic nitrogens is 4. The second-order valence-electron chi connectivity index (χ2n) is 11.8. The van der Waals surface area contributed by atoms with E-state index >= 15 is 0 Å². The summed E-state index contributed by atoms with van der Waals surface area (Å²) in [6.45, 7) is 0. The zero-order valence-electron chi connectivity index (χ0n) is 25.5. The first-order chi connectivity index (χ1) is 23.3. The van der Waals surface area contributed by atoms with Gasteiger partial charge >= 0.3 is 0 Å². The van der Waals surface area contributed by atoms with Crippen molar-refractivity contribution in [3.8, 4) is 50.2 Å². The van der Waals surface area contributed by atoms with Crippen molar-refractivity contribution >= 4 is 32.6 Å². The van der Waals surface area contributed by atoms with Crippen LogP contribution in [0, 0.1) is 0 Å². The lowest BCUT2D eigenvalue weighted by atomic mass is 9.98. The molecule has 0 atom stereocenters. The topological polar surface area (TPSA) is 43.6 Å². The molecule has 0 fully saturated rings. The van der Waals surface area contributed by atoms with Crippen LogP contribution in [0.5, 0.6) is 0 Å². The fourth-order valence-corrected chi connectivity index (χ4v) is 6.75. The van der Waals surface area contributed by atoms with E-state index in [1.165, 1.54) is 49.3 Å². The van der Waals surface area contributed by atoms with Gasteiger partial charge in [-0.1, -0.05) is 78.9 Å². The monoisotopic (exact) mass is 600 g/mol. The van der Waals surface area contributed by atoms with Gasteiger partial charge < -0.3 is 4.57 Å². The molecule has 0 bridgehead atoms. The first-order valence-corrected chi connectivity index (χ1v) is 15.7. The minimum Gasteiger partial charge on any atom is -0.309 e. The molecule has 5 aromatic carbocycles. The Morgan fingerprint density at radius 1 is 0.362 bits per heavy atom. The number of nitrogens with zero attached hydrogens (tertiary/aromatic N) is 4. The Hall–Kier alpha value is -6.39. The lowest BCUT2D eigenvalue weighted by Crippen LogP contribution is -1.94. The van der Waals surface area contributed by atoms with Gasteiger partial charge in [0.2, 0.25) is 0 Å². The number of rotatable bonds is 5. The normalized spacial score (nSPS) is 11.4. The molecule has 0 radical (unpaired) electrons. The summed E-state index contributed by atoms with van der Waals surface area (Å²) >= 11 is 0. The van der Waals surface area contributed by atoms with Gasteiger partial charge in [0.25, 0.3) is 0 Å². The van der Waals surface area contributed by atoms with Crippen molar-refractivity contribution in [2.75, 3.05) is 0 Å². The minimum atomic E-state index is 1.05. The zero-order valence-corrected chi connectivity index (χ0v) is 25.5. The number of fused-ring (bicyclic) bond motifs is 5. The van der Waals surface area contributed by atoms with Crippen LogP contribution in [0.25, 0.3) is 82.8 Å². The van der Waals surface area contributed by atoms with Gasteiger partial charge in [0.1, 0.15) is 0 Å². The van der Waals surface area contributed by atoms with Crippen molar-refractivity contribution in [3.63, 3.8) is 0 Å². The predicted octanol–water partition coefficient (Wildman–Crippen LogP) is 10.8. The summed E-state index contributed by atoms with van der Waals surface area (Å²) in [6.07, 6.45) is 11.2. The summed E-state index contributed by atoms with van der Waals surface area (Å²) in [5.41, 5.74) is 12.6. The van der Waals surface area contributed by atoms with Gasteiger partial charge in [-0.15, -0.1) is 0 Å². The van der Waals surface area contributed by atoms with E-state index in [1.54, 1.807) is 6.20 Å². The summed E-state index contributed by atoms with van der Waals surface area (Å²) in [6, 6.07) is 47.9. The standard InChI is InChI=1S/C43H28N4/c1-2-9-38(10-3-1)47-42-25-33(31-7-4-6-30(22-31)29-17-20-44-21-18-29)12-15-40(42)41-16-13-34-23-32(11-14-39(34)43(41)47)36-24-37(28-46-27-36)35-8-5-19-45-26-35/h1-28H. The van der Waals surface area contributed by atoms with Crippen LogP contribution >= 0.6 is 0 Å². The van der Waals surface area contributed by atoms with E-state index in [0.29, 0.717) is 0 Å². The van der Waals surface area contributed by atoms with E-state index in [0.717, 1.165) is 33.5 Å². The third-order valence-corrected chi connectivity index (χ3v) is 9.03. The molecule has 0 aliphatic rings. The molecule has 220 valence electrons. The van der Waals surface area contributed by atoms with Gasteiger partial charge in [0, 0.05) is 75.7 Å². The highest BCUT2D eigenvalue weighted by molar-refractivity contribution is 6.19. The highest BCUT2D eigenvalue weighted by Crippen LogP contribution is 2.40. The van der Waals surface area contributed by atoms with Crippen molar-refractivity contribution in [1.29, 1.82) is 0 Å². The number of benzene rings is 5. The van der Waals surface area contributed by atoms with E-state index < -0.39 is 0 Å². The maximum Gasteiger partial charge on any atom is 0.0619 e. The highest BCUT2D eigenvalue weighted by Gasteiger charge is 2.17. The maximum atomic E-state index is 4.57.